The van der Waals surface area contributed by atoms with Crippen molar-refractivity contribution < 1.29 is 14.6 Å². The molecule has 1 aromatic rings. The van der Waals surface area contributed by atoms with Crippen LogP contribution >= 0.6 is 12.4 Å². The summed E-state index contributed by atoms with van der Waals surface area (Å²) < 4.78 is 5.29. The van der Waals surface area contributed by atoms with Gasteiger partial charge in [0.2, 0.25) is 0 Å². The van der Waals surface area contributed by atoms with Crippen LogP contribution in [-0.4, -0.2) is 42.2 Å². The number of rotatable bonds is 3. The van der Waals surface area contributed by atoms with E-state index in [9.17, 15) is 9.90 Å². The fraction of sp³-hybridized carbons (Fsp3) is 0.562. The number of benzene rings is 1. The Labute approximate surface area is 131 Å². The molecule has 21 heavy (non-hydrogen) atoms. The zero-order valence-electron chi connectivity index (χ0n) is 12.4. The molecule has 0 radical (unpaired) electrons. The number of nitrogens with zero attached hydrogens (tertiary/aromatic N) is 1. The summed E-state index contributed by atoms with van der Waals surface area (Å²) in [5.74, 6) is -0.0839. The molecule has 4 nitrogen and oxygen atoms in total. The van der Waals surface area contributed by atoms with Crippen molar-refractivity contribution in [3.05, 3.63) is 29.8 Å². The van der Waals surface area contributed by atoms with E-state index in [1.807, 2.05) is 24.3 Å². The Bertz CT molecular complexity index is 522. The van der Waals surface area contributed by atoms with Gasteiger partial charge in [-0.05, 0) is 44.0 Å². The molecule has 116 valence electrons. The van der Waals surface area contributed by atoms with Gasteiger partial charge in [-0.1, -0.05) is 12.1 Å². The van der Waals surface area contributed by atoms with Crippen LogP contribution in [0.2, 0.25) is 0 Å². The van der Waals surface area contributed by atoms with Crippen molar-refractivity contribution >= 4 is 18.4 Å². The number of methoxy groups -OCH3 is 1. The molecule has 1 N–H and O–H groups in total. The monoisotopic (exact) mass is 311 g/mol. The highest BCUT2D eigenvalue weighted by Gasteiger charge is 2.48. The van der Waals surface area contributed by atoms with E-state index in [1.165, 1.54) is 0 Å². The Kier molecular flexibility index (Phi) is 4.79. The van der Waals surface area contributed by atoms with E-state index in [2.05, 4.69) is 11.9 Å². The molecule has 1 aromatic carbocycles. The summed E-state index contributed by atoms with van der Waals surface area (Å²) in [6, 6.07) is 8.66. The maximum absolute atomic E-state index is 11.7. The minimum Gasteiger partial charge on any atom is -0.497 e. The van der Waals surface area contributed by atoms with Gasteiger partial charge in [0.1, 0.15) is 5.75 Å². The van der Waals surface area contributed by atoms with Gasteiger partial charge >= 0.3 is 5.97 Å². The third kappa shape index (κ3) is 2.74. The van der Waals surface area contributed by atoms with Crippen LogP contribution in [0.15, 0.2) is 24.3 Å². The molecule has 0 aliphatic carbocycles. The van der Waals surface area contributed by atoms with Crippen LogP contribution < -0.4 is 4.74 Å². The first-order valence-electron chi connectivity index (χ1n) is 7.20. The standard InChI is InChI=1S/C16H21NO3.ClH/c1-17-11-6-7-14(17)15(13(9-11)16(18)19)10-4-3-5-12(8-10)20-2;/h3-5,8,11,13-15H,6-7,9H2,1-2H3,(H,18,19);1H/t11-,13+,14+,15-;/m0./s1. The van der Waals surface area contributed by atoms with Crippen molar-refractivity contribution in [2.24, 2.45) is 5.92 Å². The van der Waals surface area contributed by atoms with Crippen molar-refractivity contribution in [2.45, 2.75) is 37.3 Å². The summed E-state index contributed by atoms with van der Waals surface area (Å²) in [4.78, 5) is 14.0. The minimum atomic E-state index is -0.664. The van der Waals surface area contributed by atoms with Gasteiger partial charge < -0.3 is 9.84 Å². The first kappa shape index (κ1) is 16.1. The number of carbonyl (C=O) groups is 1. The molecular formula is C16H22ClNO3. The summed E-state index contributed by atoms with van der Waals surface area (Å²) in [6.07, 6.45) is 2.96. The Morgan fingerprint density at radius 2 is 2.14 bits per heavy atom. The van der Waals surface area contributed by atoms with E-state index in [0.29, 0.717) is 12.1 Å². The summed E-state index contributed by atoms with van der Waals surface area (Å²) in [5, 5.41) is 9.60. The Balaban J connectivity index is 0.00000161. The largest absolute Gasteiger partial charge is 0.497 e. The lowest BCUT2D eigenvalue weighted by molar-refractivity contribution is -0.145. The molecule has 2 saturated heterocycles. The lowest BCUT2D eigenvalue weighted by Gasteiger charge is -2.41. The number of halogens is 1. The number of fused-ring (bicyclic) bond motifs is 2. The molecule has 4 atom stereocenters. The second-order valence-corrected chi connectivity index (χ2v) is 5.95. The van der Waals surface area contributed by atoms with E-state index < -0.39 is 5.97 Å². The lowest BCUT2D eigenvalue weighted by atomic mass is 9.76. The average molecular weight is 312 g/mol. The Morgan fingerprint density at radius 3 is 2.81 bits per heavy atom. The molecule has 3 rings (SSSR count). The maximum atomic E-state index is 11.7. The SMILES string of the molecule is COc1cccc([C@@H]2[C@H]3CC[C@@H](C[C@H]2C(=O)O)N3C)c1.Cl. The second kappa shape index (κ2) is 6.24. The van der Waals surface area contributed by atoms with Crippen LogP contribution in [0.4, 0.5) is 0 Å². The molecule has 2 aliphatic rings. The first-order valence-corrected chi connectivity index (χ1v) is 7.20. The molecule has 0 spiro atoms. The van der Waals surface area contributed by atoms with Gasteiger partial charge in [-0.3, -0.25) is 9.69 Å². The number of aliphatic carboxylic acids is 1. The van der Waals surface area contributed by atoms with Gasteiger partial charge in [0, 0.05) is 18.0 Å². The fourth-order valence-corrected chi connectivity index (χ4v) is 4.02. The quantitative estimate of drug-likeness (QED) is 0.932. The van der Waals surface area contributed by atoms with Crippen LogP contribution in [0.25, 0.3) is 0 Å². The molecule has 2 bridgehead atoms. The third-order valence-electron chi connectivity index (χ3n) is 5.06. The van der Waals surface area contributed by atoms with Crippen molar-refractivity contribution in [3.8, 4) is 5.75 Å². The van der Waals surface area contributed by atoms with E-state index in [0.717, 1.165) is 30.6 Å². The zero-order valence-corrected chi connectivity index (χ0v) is 13.2. The number of carboxylic acid groups (broad SMARTS) is 1. The molecule has 0 amide bonds. The molecule has 2 aliphatic heterocycles. The summed E-state index contributed by atoms with van der Waals surface area (Å²) in [5.41, 5.74) is 1.09. The van der Waals surface area contributed by atoms with Gasteiger partial charge in [0.05, 0.1) is 13.0 Å². The number of hydrogen-bond donors (Lipinski definition) is 1. The molecule has 2 fully saturated rings. The number of carboxylic acids is 1. The van der Waals surface area contributed by atoms with Crippen LogP contribution in [0.5, 0.6) is 5.75 Å². The highest BCUT2D eigenvalue weighted by molar-refractivity contribution is 5.85. The topological polar surface area (TPSA) is 49.8 Å². The smallest absolute Gasteiger partial charge is 0.307 e. The highest BCUT2D eigenvalue weighted by atomic mass is 35.5. The predicted octanol–water partition coefficient (Wildman–Crippen LogP) is 2.77. The van der Waals surface area contributed by atoms with Crippen molar-refractivity contribution in [2.75, 3.05) is 14.2 Å². The Hall–Kier alpha value is -1.26. The summed E-state index contributed by atoms with van der Waals surface area (Å²) in [7, 11) is 3.78. The normalized spacial score (nSPS) is 31.5. The van der Waals surface area contributed by atoms with Crippen molar-refractivity contribution in [1.82, 2.24) is 4.90 Å². The van der Waals surface area contributed by atoms with Gasteiger partial charge in [0.15, 0.2) is 0 Å². The fourth-order valence-electron chi connectivity index (χ4n) is 4.02. The zero-order chi connectivity index (χ0) is 14.3. The number of piperidine rings is 1. The Morgan fingerprint density at radius 1 is 1.38 bits per heavy atom. The van der Waals surface area contributed by atoms with Gasteiger partial charge in [0.25, 0.3) is 0 Å². The van der Waals surface area contributed by atoms with Crippen LogP contribution in [-0.2, 0) is 4.79 Å². The second-order valence-electron chi connectivity index (χ2n) is 5.95. The van der Waals surface area contributed by atoms with Crippen LogP contribution in [0.1, 0.15) is 30.7 Å². The predicted molar refractivity (Wildman–Crippen MR) is 83.3 cm³/mol. The number of likely N-dealkylation sites (N-methyl/N-ethyl adjacent to an activating group) is 1. The summed E-state index contributed by atoms with van der Waals surface area (Å²) in [6.45, 7) is 0. The van der Waals surface area contributed by atoms with Crippen molar-refractivity contribution in [3.63, 3.8) is 0 Å². The van der Waals surface area contributed by atoms with Crippen LogP contribution in [0.3, 0.4) is 0 Å². The maximum Gasteiger partial charge on any atom is 0.307 e. The third-order valence-corrected chi connectivity index (χ3v) is 5.06. The highest BCUT2D eigenvalue weighted by Crippen LogP contribution is 2.47. The molecular weight excluding hydrogens is 290 g/mol. The van der Waals surface area contributed by atoms with Gasteiger partial charge in [-0.15, -0.1) is 12.4 Å². The van der Waals surface area contributed by atoms with E-state index in [1.54, 1.807) is 7.11 Å². The first-order chi connectivity index (χ1) is 9.61. The molecule has 2 heterocycles. The average Bonchev–Trinajstić information content (AvgIpc) is 2.70. The van der Waals surface area contributed by atoms with E-state index >= 15 is 0 Å². The van der Waals surface area contributed by atoms with E-state index in [-0.39, 0.29) is 24.2 Å². The van der Waals surface area contributed by atoms with E-state index in [4.69, 9.17) is 4.74 Å². The van der Waals surface area contributed by atoms with Gasteiger partial charge in [-0.2, -0.15) is 0 Å². The minimum absolute atomic E-state index is 0. The molecule has 5 heteroatoms. The summed E-state index contributed by atoms with van der Waals surface area (Å²) >= 11 is 0. The van der Waals surface area contributed by atoms with Gasteiger partial charge in [-0.25, -0.2) is 0 Å². The number of ether oxygens (including phenoxy) is 1. The number of hydrogen-bond acceptors (Lipinski definition) is 3. The van der Waals surface area contributed by atoms with Crippen LogP contribution in [0, 0.1) is 5.92 Å². The lowest BCUT2D eigenvalue weighted by Crippen LogP contribution is -2.47. The van der Waals surface area contributed by atoms with Crippen molar-refractivity contribution in [1.29, 1.82) is 0 Å². The molecule has 0 saturated carbocycles. The molecule has 0 unspecified atom stereocenters. The molecule has 0 aromatic heterocycles.